The number of fused-ring (bicyclic) bond motifs is 1. The smallest absolute Gasteiger partial charge is 0.110 e. The summed E-state index contributed by atoms with van der Waals surface area (Å²) in [7, 11) is 0. The second-order valence-corrected chi connectivity index (χ2v) is 3.24. The number of nitrogens with two attached hydrogens (primary N) is 1. The van der Waals surface area contributed by atoms with Crippen LogP contribution in [0.15, 0.2) is 18.3 Å². The summed E-state index contributed by atoms with van der Waals surface area (Å²) in [5.41, 5.74) is 8.93. The maximum Gasteiger partial charge on any atom is 0.110 e. The molecular formula is C10H13N3. The van der Waals surface area contributed by atoms with Crippen molar-refractivity contribution in [3.8, 4) is 0 Å². The molecule has 0 radical (unpaired) electrons. The third-order valence-corrected chi connectivity index (χ3v) is 2.30. The fourth-order valence-electron chi connectivity index (χ4n) is 1.59. The van der Waals surface area contributed by atoms with Gasteiger partial charge in [0.25, 0.3) is 0 Å². The molecule has 3 nitrogen and oxygen atoms in total. The molecule has 2 N–H and O–H groups in total. The van der Waals surface area contributed by atoms with Crippen molar-refractivity contribution in [3.05, 3.63) is 35.4 Å². The summed E-state index contributed by atoms with van der Waals surface area (Å²) in [6.07, 6.45) is 2.02. The number of aryl methyl sites for hydroxylation is 2. The van der Waals surface area contributed by atoms with Crippen LogP contribution in [-0.4, -0.2) is 9.38 Å². The molecule has 0 aromatic carbocycles. The van der Waals surface area contributed by atoms with Crippen LogP contribution in [0.3, 0.4) is 0 Å². The van der Waals surface area contributed by atoms with Gasteiger partial charge in [0.15, 0.2) is 0 Å². The highest BCUT2D eigenvalue weighted by atomic mass is 15.0. The molecule has 0 aliphatic carbocycles. The van der Waals surface area contributed by atoms with Crippen LogP contribution in [0.2, 0.25) is 0 Å². The molecule has 0 atom stereocenters. The van der Waals surface area contributed by atoms with Crippen LogP contribution in [0.5, 0.6) is 0 Å². The van der Waals surface area contributed by atoms with Gasteiger partial charge in [-0.15, -0.1) is 0 Å². The zero-order valence-electron chi connectivity index (χ0n) is 7.91. The van der Waals surface area contributed by atoms with Gasteiger partial charge in [-0.3, -0.25) is 0 Å². The Labute approximate surface area is 77.2 Å². The van der Waals surface area contributed by atoms with E-state index in [1.54, 1.807) is 0 Å². The minimum Gasteiger partial charge on any atom is -0.326 e. The molecule has 2 heterocycles. The van der Waals surface area contributed by atoms with E-state index in [9.17, 15) is 0 Å². The lowest BCUT2D eigenvalue weighted by Gasteiger charge is -1.99. The Hall–Kier alpha value is -1.35. The van der Waals surface area contributed by atoms with Crippen molar-refractivity contribution in [2.75, 3.05) is 0 Å². The largest absolute Gasteiger partial charge is 0.326 e. The van der Waals surface area contributed by atoms with Gasteiger partial charge in [0, 0.05) is 12.7 Å². The lowest BCUT2D eigenvalue weighted by Crippen LogP contribution is -1.97. The number of hydrogen-bond donors (Lipinski definition) is 1. The SMILES string of the molecule is Cc1nc(C)n2ccc(CN)cc12. The van der Waals surface area contributed by atoms with Crippen molar-refractivity contribution in [1.82, 2.24) is 9.38 Å². The number of imidazole rings is 1. The summed E-state index contributed by atoms with van der Waals surface area (Å²) < 4.78 is 2.08. The maximum atomic E-state index is 5.57. The maximum absolute atomic E-state index is 5.57. The predicted molar refractivity (Wildman–Crippen MR) is 52.6 cm³/mol. The topological polar surface area (TPSA) is 43.3 Å². The van der Waals surface area contributed by atoms with Crippen molar-refractivity contribution >= 4 is 5.52 Å². The van der Waals surface area contributed by atoms with E-state index in [0.717, 1.165) is 22.6 Å². The second-order valence-electron chi connectivity index (χ2n) is 3.24. The van der Waals surface area contributed by atoms with Gasteiger partial charge in [0.2, 0.25) is 0 Å². The van der Waals surface area contributed by atoms with Crippen molar-refractivity contribution in [2.45, 2.75) is 20.4 Å². The molecule has 0 bridgehead atoms. The molecule has 0 aliphatic heterocycles. The van der Waals surface area contributed by atoms with Gasteiger partial charge in [-0.1, -0.05) is 0 Å². The quantitative estimate of drug-likeness (QED) is 0.712. The normalized spacial score (nSPS) is 11.0. The standard InChI is InChI=1S/C10H13N3/c1-7-10-5-9(6-11)3-4-13(10)8(2)12-7/h3-5H,6,11H2,1-2H3. The molecule has 0 amide bonds. The highest BCUT2D eigenvalue weighted by molar-refractivity contribution is 5.54. The van der Waals surface area contributed by atoms with Gasteiger partial charge in [0.1, 0.15) is 5.82 Å². The first-order valence-electron chi connectivity index (χ1n) is 4.36. The first-order valence-corrected chi connectivity index (χ1v) is 4.36. The van der Waals surface area contributed by atoms with Gasteiger partial charge < -0.3 is 10.1 Å². The predicted octanol–water partition coefficient (Wildman–Crippen LogP) is 1.41. The van der Waals surface area contributed by atoms with Gasteiger partial charge in [0.05, 0.1) is 11.2 Å². The molecule has 0 saturated carbocycles. The van der Waals surface area contributed by atoms with E-state index in [1.807, 2.05) is 26.1 Å². The number of nitrogens with zero attached hydrogens (tertiary/aromatic N) is 2. The third-order valence-electron chi connectivity index (χ3n) is 2.30. The molecule has 2 rings (SSSR count). The van der Waals surface area contributed by atoms with E-state index in [-0.39, 0.29) is 0 Å². The molecule has 0 unspecified atom stereocenters. The Kier molecular flexibility index (Phi) is 1.81. The molecule has 3 heteroatoms. The Bertz CT molecular complexity index is 443. The van der Waals surface area contributed by atoms with E-state index in [4.69, 9.17) is 5.73 Å². The fourth-order valence-corrected chi connectivity index (χ4v) is 1.59. The van der Waals surface area contributed by atoms with Gasteiger partial charge in [-0.05, 0) is 31.5 Å². The van der Waals surface area contributed by atoms with Crippen molar-refractivity contribution < 1.29 is 0 Å². The number of hydrogen-bond acceptors (Lipinski definition) is 2. The van der Waals surface area contributed by atoms with E-state index < -0.39 is 0 Å². The summed E-state index contributed by atoms with van der Waals surface area (Å²) in [5, 5.41) is 0. The average molecular weight is 175 g/mol. The van der Waals surface area contributed by atoms with Crippen LogP contribution in [0.4, 0.5) is 0 Å². The van der Waals surface area contributed by atoms with Crippen LogP contribution in [-0.2, 0) is 6.54 Å². The Balaban J connectivity index is 2.76. The molecule has 2 aromatic rings. The van der Waals surface area contributed by atoms with Crippen LogP contribution in [0, 0.1) is 13.8 Å². The Morgan fingerprint density at radius 3 is 2.92 bits per heavy atom. The monoisotopic (exact) mass is 175 g/mol. The van der Waals surface area contributed by atoms with Crippen molar-refractivity contribution in [3.63, 3.8) is 0 Å². The summed E-state index contributed by atoms with van der Waals surface area (Å²) in [6.45, 7) is 4.60. The number of pyridine rings is 1. The van der Waals surface area contributed by atoms with Crippen molar-refractivity contribution in [1.29, 1.82) is 0 Å². The van der Waals surface area contributed by atoms with Crippen LogP contribution < -0.4 is 5.73 Å². The molecule has 68 valence electrons. The van der Waals surface area contributed by atoms with Crippen LogP contribution in [0.25, 0.3) is 5.52 Å². The minimum absolute atomic E-state index is 0.583. The summed E-state index contributed by atoms with van der Waals surface area (Å²) in [4.78, 5) is 4.39. The summed E-state index contributed by atoms with van der Waals surface area (Å²) in [5.74, 6) is 1.02. The highest BCUT2D eigenvalue weighted by Crippen LogP contribution is 2.13. The van der Waals surface area contributed by atoms with E-state index in [1.165, 1.54) is 0 Å². The lowest BCUT2D eigenvalue weighted by atomic mass is 10.2. The second kappa shape index (κ2) is 2.85. The zero-order chi connectivity index (χ0) is 9.42. The van der Waals surface area contributed by atoms with Crippen LogP contribution in [0.1, 0.15) is 17.1 Å². The minimum atomic E-state index is 0.583. The average Bonchev–Trinajstić information content (AvgIpc) is 2.42. The first kappa shape index (κ1) is 8.26. The Morgan fingerprint density at radius 1 is 1.46 bits per heavy atom. The Morgan fingerprint density at radius 2 is 2.23 bits per heavy atom. The number of aromatic nitrogens is 2. The van der Waals surface area contributed by atoms with Crippen LogP contribution >= 0.6 is 0 Å². The number of rotatable bonds is 1. The van der Waals surface area contributed by atoms with E-state index in [0.29, 0.717) is 6.54 Å². The first-order chi connectivity index (χ1) is 6.22. The molecule has 0 aliphatic rings. The van der Waals surface area contributed by atoms with Gasteiger partial charge >= 0.3 is 0 Å². The van der Waals surface area contributed by atoms with E-state index in [2.05, 4.69) is 15.5 Å². The van der Waals surface area contributed by atoms with Crippen molar-refractivity contribution in [2.24, 2.45) is 5.73 Å². The molecule has 0 saturated heterocycles. The van der Waals surface area contributed by atoms with Gasteiger partial charge in [-0.2, -0.15) is 0 Å². The molecule has 0 spiro atoms. The lowest BCUT2D eigenvalue weighted by molar-refractivity contribution is 1.01. The summed E-state index contributed by atoms with van der Waals surface area (Å²) in [6, 6.07) is 4.12. The third kappa shape index (κ3) is 1.21. The fraction of sp³-hybridized carbons (Fsp3) is 0.300. The molecular weight excluding hydrogens is 162 g/mol. The zero-order valence-corrected chi connectivity index (χ0v) is 7.91. The summed E-state index contributed by atoms with van der Waals surface area (Å²) >= 11 is 0. The molecule has 13 heavy (non-hydrogen) atoms. The van der Waals surface area contributed by atoms with E-state index >= 15 is 0 Å². The highest BCUT2D eigenvalue weighted by Gasteiger charge is 2.03. The molecule has 2 aromatic heterocycles. The van der Waals surface area contributed by atoms with Gasteiger partial charge in [-0.25, -0.2) is 4.98 Å². The molecule has 0 fully saturated rings.